The molecule has 13 rings (SSSR count). The monoisotopic (exact) mass is 1780 g/mol. The molecule has 21 N–H and O–H groups in total. The highest BCUT2D eigenvalue weighted by atomic mass is 16.8. The average Bonchev–Trinajstić information content (AvgIpc) is 0.669. The van der Waals surface area contributed by atoms with Gasteiger partial charge in [0.1, 0.15) is 171 Å². The first-order valence-corrected chi connectivity index (χ1v) is 43.5. The number of rotatable bonds is 25. The zero-order valence-corrected chi connectivity index (χ0v) is 71.6. The lowest BCUT2D eigenvalue weighted by atomic mass is 9.33. The normalized spacial score (nSPS) is 51.2. The predicted octanol–water partition coefficient (Wildman–Crippen LogP) is -5.08. The van der Waals surface area contributed by atoms with E-state index in [0.717, 1.165) is 5.57 Å². The van der Waals surface area contributed by atoms with E-state index in [1.807, 2.05) is 6.92 Å². The molecule has 0 spiro atoms. The Hall–Kier alpha value is -3.28. The van der Waals surface area contributed by atoms with Gasteiger partial charge in [-0.3, -0.25) is 4.79 Å². The quantitative estimate of drug-likeness (QED) is 0.0176. The van der Waals surface area contributed by atoms with Gasteiger partial charge in [0.2, 0.25) is 6.29 Å². The molecule has 0 aromatic heterocycles. The van der Waals surface area contributed by atoms with E-state index < -0.39 is 330 Å². The van der Waals surface area contributed by atoms with Crippen LogP contribution in [0.2, 0.25) is 0 Å². The Morgan fingerprint density at radius 1 is 0.500 bits per heavy atom. The topological polar surface area (TPSA) is 616 Å². The van der Waals surface area contributed by atoms with E-state index in [4.69, 9.17) is 80.5 Å². The molecule has 13 aliphatic rings. The molecule has 0 amide bonds. The number of carbonyl (C=O) groups is 2. The first kappa shape index (κ1) is 98.2. The fourth-order valence-electron chi connectivity index (χ4n) is 22.3. The molecule has 8 heterocycles. The van der Waals surface area contributed by atoms with Crippen molar-refractivity contribution in [3.05, 3.63) is 36.0 Å². The van der Waals surface area contributed by atoms with Gasteiger partial charge in [0.25, 0.3) is 0 Å². The van der Waals surface area contributed by atoms with E-state index in [1.54, 1.807) is 12.2 Å². The number of carbonyl (C=O) groups excluding carboxylic acids is 2. The molecular formula is C84H134O40. The summed E-state index contributed by atoms with van der Waals surface area (Å²) in [6, 6.07) is 0. The number of aliphatic hydroxyl groups excluding tert-OH is 21. The standard InChI is InChI=1S/C84H134O40/c1-12-33(2)14-13-15-34(3)69(106)108-31-43-54(96)57(99)67(123-76-68(122-74-61(103)55(97)52(94)42(26-85)115-74)62(104)64(35(4)114-76)119-72-63(105)65(41(89)30-111-72)120-70-58(100)49(91)38(86)27-109-70)77(117-43)124-78(107)84-23-22-79(5,6)24-37(84)36-16-17-46-81(9)20-19-48(80(7,8)45(81)18-21-82(46,10)83(36,11)25-47(84)90)118-73-60(102)56(98)53(95)44(116-73)32-113-75-66(51(93)40(88)29-112-75)121-71-59(101)50(92)39(87)28-110-71/h12,15-16,33,35,37-68,70-77,85-105H,1,13-14,17-32H2,2-11H3/b34-15+/t33-,35+,37+,38-,39-,40+,41-,42-,43-,44-,45+,46-,47-,48+,49+,50+,51+,52+,53-,54-,55+,56+,57+,58-,59-,60-,61-,62-,63-,64+,65+,66-,67-,68-,70+,71+,72+,73+,74+,75+,76+,77+,81+,82-,83-,84-/m1/s1. The summed E-state index contributed by atoms with van der Waals surface area (Å²) in [7, 11) is 0. The maximum absolute atomic E-state index is 16.4. The van der Waals surface area contributed by atoms with Gasteiger partial charge in [0.15, 0.2) is 50.1 Å². The summed E-state index contributed by atoms with van der Waals surface area (Å²) < 4.78 is 103. The van der Waals surface area contributed by atoms with Gasteiger partial charge in [-0.15, -0.1) is 6.58 Å². The van der Waals surface area contributed by atoms with Crippen LogP contribution in [0.3, 0.4) is 0 Å². The second-order valence-corrected chi connectivity index (χ2v) is 38.9. The van der Waals surface area contributed by atoms with Crippen molar-refractivity contribution in [2.75, 3.05) is 46.2 Å². The molecule has 0 radical (unpaired) electrons. The van der Waals surface area contributed by atoms with E-state index in [0.29, 0.717) is 57.8 Å². The summed E-state index contributed by atoms with van der Waals surface area (Å²) in [5.41, 5.74) is -3.60. The highest BCUT2D eigenvalue weighted by Gasteiger charge is 2.73. The molecule has 710 valence electrons. The molecule has 8 aliphatic heterocycles. The second-order valence-electron chi connectivity index (χ2n) is 38.9. The van der Waals surface area contributed by atoms with Crippen LogP contribution in [0.15, 0.2) is 36.0 Å². The van der Waals surface area contributed by atoms with Gasteiger partial charge in [-0.2, -0.15) is 0 Å². The largest absolute Gasteiger partial charge is 0.459 e. The van der Waals surface area contributed by atoms with Crippen LogP contribution in [0.1, 0.15) is 140 Å². The lowest BCUT2D eigenvalue weighted by Crippen LogP contribution is -2.69. The Bertz CT molecular complexity index is 3650. The highest BCUT2D eigenvalue weighted by Crippen LogP contribution is 2.76. The van der Waals surface area contributed by atoms with Gasteiger partial charge in [0, 0.05) is 5.57 Å². The van der Waals surface area contributed by atoms with Crippen LogP contribution < -0.4 is 0 Å². The van der Waals surface area contributed by atoms with Gasteiger partial charge in [-0.25, -0.2) is 4.79 Å². The molecule has 0 unspecified atom stereocenters. The molecule has 4 saturated carbocycles. The first-order chi connectivity index (χ1) is 58.3. The molecule has 0 aromatic rings. The Balaban J connectivity index is 0.760. The maximum Gasteiger partial charge on any atom is 0.333 e. The number of hydrogen-bond donors (Lipinski definition) is 21. The number of aliphatic hydroxyl groups is 21. The van der Waals surface area contributed by atoms with Crippen molar-refractivity contribution in [1.82, 2.24) is 0 Å². The number of allylic oxidation sites excluding steroid dienone is 4. The second kappa shape index (κ2) is 38.7. The van der Waals surface area contributed by atoms with Crippen molar-refractivity contribution < 1.29 is 197 Å². The molecule has 12 fully saturated rings. The summed E-state index contributed by atoms with van der Waals surface area (Å²) >= 11 is 0. The minimum absolute atomic E-state index is 0.0427. The Kier molecular flexibility index (Phi) is 30.7. The molecule has 8 saturated heterocycles. The predicted molar refractivity (Wildman–Crippen MR) is 416 cm³/mol. The third-order valence-electron chi connectivity index (χ3n) is 30.3. The highest BCUT2D eigenvalue weighted by molar-refractivity contribution is 5.87. The van der Waals surface area contributed by atoms with Gasteiger partial charge in [0.05, 0.1) is 58.0 Å². The van der Waals surface area contributed by atoms with Crippen LogP contribution in [0.5, 0.6) is 0 Å². The van der Waals surface area contributed by atoms with Crippen LogP contribution in [0, 0.1) is 56.2 Å². The summed E-state index contributed by atoms with van der Waals surface area (Å²) in [6.07, 6.45) is -56.4. The van der Waals surface area contributed by atoms with Crippen LogP contribution in [-0.2, 0) is 90.1 Å². The minimum Gasteiger partial charge on any atom is -0.459 e. The Morgan fingerprint density at radius 2 is 1.01 bits per heavy atom. The molecule has 124 heavy (non-hydrogen) atoms. The third kappa shape index (κ3) is 18.6. The number of hydrogen-bond acceptors (Lipinski definition) is 40. The molecule has 0 bridgehead atoms. The third-order valence-corrected chi connectivity index (χ3v) is 30.3. The summed E-state index contributed by atoms with van der Waals surface area (Å²) in [5, 5.41) is 236. The maximum atomic E-state index is 16.4. The van der Waals surface area contributed by atoms with Crippen LogP contribution in [0.4, 0.5) is 0 Å². The molecular weight excluding hydrogens is 1650 g/mol. The number of esters is 2. The molecule has 40 nitrogen and oxygen atoms in total. The fourth-order valence-corrected chi connectivity index (χ4v) is 22.3. The number of fused-ring (bicyclic) bond motifs is 7. The van der Waals surface area contributed by atoms with E-state index in [9.17, 15) is 112 Å². The molecule has 0 aromatic carbocycles. The first-order valence-electron chi connectivity index (χ1n) is 43.5. The van der Waals surface area contributed by atoms with Crippen molar-refractivity contribution in [2.45, 2.75) is 373 Å². The molecule has 40 heteroatoms. The summed E-state index contributed by atoms with van der Waals surface area (Å²) in [4.78, 5) is 30.2. The summed E-state index contributed by atoms with van der Waals surface area (Å²) in [5.74, 6) is -2.57. The smallest absolute Gasteiger partial charge is 0.333 e. The zero-order valence-electron chi connectivity index (χ0n) is 71.6. The van der Waals surface area contributed by atoms with Gasteiger partial charge < -0.3 is 188 Å². The Labute approximate surface area is 718 Å². The van der Waals surface area contributed by atoms with E-state index >= 15 is 4.79 Å². The SMILES string of the molecule is C=C[C@@H](C)CC/C=C(\C)C(=O)OC[C@H]1O[C@@H](OC(=O)[C@]23CCC(C)(C)C[C@H]2C2=CC[C@@H]4[C@@]5(C)CC[C@H](O[C@@H]6O[C@H](CO[C@@H]7OC[C@H](O)[C@H](O)[C@H]7O[C@@H]7OC[C@@H](O)[C@H](O)[C@H]7O)[C@@H](O)[C@H](O)[C@H]6O)C(C)(C)[C@@H]5CC[C@@]4(C)[C@]2(C)C[C@H]3O)[C@H](O[C@@H]2O[C@@H](C)[C@H](O[C@@H]3OC[C@@H](O)[C@H](O[C@@H]4OC[C@@H](O)[C@H](O)[C@H]4O)[C@H]3O)[C@@H](O)[C@H]2O[C@@H]2O[C@H](CO)[C@H](O)[C@H](O)[C@H]2O)[C@@H](O)[C@@H]1O. The van der Waals surface area contributed by atoms with Crippen LogP contribution >= 0.6 is 0 Å². The Morgan fingerprint density at radius 3 is 1.64 bits per heavy atom. The van der Waals surface area contributed by atoms with E-state index in [1.165, 1.54) is 13.8 Å². The molecule has 46 atom stereocenters. The van der Waals surface area contributed by atoms with Gasteiger partial charge in [-0.1, -0.05) is 79.2 Å². The van der Waals surface area contributed by atoms with Crippen molar-refractivity contribution >= 4 is 11.9 Å². The van der Waals surface area contributed by atoms with Crippen molar-refractivity contribution in [1.29, 1.82) is 0 Å². The lowest BCUT2D eigenvalue weighted by Gasteiger charge is -2.71. The van der Waals surface area contributed by atoms with Crippen LogP contribution in [-0.4, -0.2) is 399 Å². The minimum atomic E-state index is -2.22. The summed E-state index contributed by atoms with van der Waals surface area (Å²) in [6.45, 7) is 19.4. The van der Waals surface area contributed by atoms with Gasteiger partial charge in [-0.05, 0) is 135 Å². The van der Waals surface area contributed by atoms with Crippen molar-refractivity contribution in [3.8, 4) is 0 Å². The van der Waals surface area contributed by atoms with Gasteiger partial charge >= 0.3 is 11.9 Å². The molecule has 5 aliphatic carbocycles. The lowest BCUT2D eigenvalue weighted by molar-refractivity contribution is -0.401. The zero-order chi connectivity index (χ0) is 90.4. The van der Waals surface area contributed by atoms with E-state index in [-0.39, 0.29) is 36.2 Å². The van der Waals surface area contributed by atoms with Crippen molar-refractivity contribution in [2.24, 2.45) is 56.2 Å². The number of ether oxygens (including phenoxy) is 17. The fraction of sp³-hybridized carbons (Fsp3) is 0.905. The average molecular weight is 1780 g/mol. The van der Waals surface area contributed by atoms with E-state index in [2.05, 4.69) is 61.1 Å². The van der Waals surface area contributed by atoms with Crippen molar-refractivity contribution in [3.63, 3.8) is 0 Å². The van der Waals surface area contributed by atoms with Crippen LogP contribution in [0.25, 0.3) is 0 Å².